The Labute approximate surface area is 154 Å². The predicted octanol–water partition coefficient (Wildman–Crippen LogP) is 5.19. The van der Waals surface area contributed by atoms with E-state index in [4.69, 9.17) is 5.73 Å². The number of fused-ring (bicyclic) bond motifs is 1. The molecule has 1 aromatic heterocycles. The van der Waals surface area contributed by atoms with Gasteiger partial charge >= 0.3 is 0 Å². The number of anilines is 1. The van der Waals surface area contributed by atoms with E-state index in [-0.39, 0.29) is 0 Å². The molecule has 1 fully saturated rings. The summed E-state index contributed by atoms with van der Waals surface area (Å²) in [5.74, 6) is 1.29. The fourth-order valence-electron chi connectivity index (χ4n) is 3.36. The lowest BCUT2D eigenvalue weighted by atomic mass is 9.91. The van der Waals surface area contributed by atoms with Crippen LogP contribution in [0.3, 0.4) is 0 Å². The maximum Gasteiger partial charge on any atom is 0.138 e. The van der Waals surface area contributed by atoms with Gasteiger partial charge in [-0.25, -0.2) is 4.98 Å². The maximum atomic E-state index is 10.2. The fraction of sp³-hybridized carbons (Fsp3) is 0.364. The Morgan fingerprint density at radius 3 is 2.35 bits per heavy atom. The number of nitrogens with zero attached hydrogens (tertiary/aromatic N) is 1. The smallest absolute Gasteiger partial charge is 0.138 e. The number of nitrogen functional groups attached to an aromatic ring is 1. The third kappa shape index (κ3) is 4.13. The number of hydrogen-bond donors (Lipinski definition) is 2. The van der Waals surface area contributed by atoms with E-state index in [0.29, 0.717) is 5.92 Å². The first kappa shape index (κ1) is 18.2. The van der Waals surface area contributed by atoms with Crippen LogP contribution in [0.1, 0.15) is 43.2 Å². The Balaban J connectivity index is 0.000000206. The van der Waals surface area contributed by atoms with E-state index in [1.54, 1.807) is 0 Å². The van der Waals surface area contributed by atoms with Gasteiger partial charge in [0.05, 0.1) is 11.0 Å². The first-order valence-corrected chi connectivity index (χ1v) is 9.35. The Hall–Kier alpha value is -2.62. The number of aryl methyl sites for hydroxylation is 2. The molecule has 3 aromatic rings. The van der Waals surface area contributed by atoms with Crippen LogP contribution in [0.5, 0.6) is 0 Å². The second kappa shape index (κ2) is 8.17. The van der Waals surface area contributed by atoms with Crippen molar-refractivity contribution in [1.82, 2.24) is 9.97 Å². The van der Waals surface area contributed by atoms with Gasteiger partial charge in [-0.15, -0.1) is 0 Å². The summed E-state index contributed by atoms with van der Waals surface area (Å²) in [6, 6.07) is 11.9. The number of benzene rings is 2. The maximum absolute atomic E-state index is 10.2. The first-order valence-electron chi connectivity index (χ1n) is 9.35. The van der Waals surface area contributed by atoms with Crippen LogP contribution in [-0.2, 0) is 4.79 Å². The molecule has 2 aromatic carbocycles. The number of carbonyl (C=O) groups is 1. The molecule has 0 saturated heterocycles. The van der Waals surface area contributed by atoms with Gasteiger partial charge in [0.1, 0.15) is 12.1 Å². The average Bonchev–Trinajstić information content (AvgIpc) is 3.12. The molecule has 1 saturated carbocycles. The number of rotatable bonds is 2. The van der Waals surface area contributed by atoms with E-state index in [9.17, 15) is 4.79 Å². The van der Waals surface area contributed by atoms with Gasteiger partial charge in [-0.1, -0.05) is 25.3 Å². The largest absolute Gasteiger partial charge is 0.399 e. The Morgan fingerprint density at radius 1 is 1.04 bits per heavy atom. The lowest BCUT2D eigenvalue weighted by Crippen LogP contribution is -2.06. The van der Waals surface area contributed by atoms with Crippen molar-refractivity contribution in [3.8, 4) is 11.4 Å². The lowest BCUT2D eigenvalue weighted by Gasteiger charge is -2.14. The number of imidazole rings is 1. The summed E-state index contributed by atoms with van der Waals surface area (Å²) in [5, 5.41) is 0. The summed E-state index contributed by atoms with van der Waals surface area (Å²) >= 11 is 0. The third-order valence-electron chi connectivity index (χ3n) is 5.20. The predicted molar refractivity (Wildman–Crippen MR) is 108 cm³/mol. The molecular weight excluding hydrogens is 322 g/mol. The molecule has 4 heteroatoms. The average molecular weight is 349 g/mol. The molecule has 4 rings (SSSR count). The van der Waals surface area contributed by atoms with Gasteiger partial charge in [-0.2, -0.15) is 0 Å². The van der Waals surface area contributed by atoms with Crippen molar-refractivity contribution in [2.45, 2.75) is 46.0 Å². The summed E-state index contributed by atoms with van der Waals surface area (Å²) in [6.45, 7) is 4.21. The summed E-state index contributed by atoms with van der Waals surface area (Å²) in [4.78, 5) is 18.2. The monoisotopic (exact) mass is 349 g/mol. The number of H-pyrrole nitrogens is 1. The van der Waals surface area contributed by atoms with Crippen LogP contribution in [0.25, 0.3) is 22.4 Å². The van der Waals surface area contributed by atoms with Crippen LogP contribution in [0.4, 0.5) is 5.69 Å². The Morgan fingerprint density at radius 2 is 1.73 bits per heavy atom. The van der Waals surface area contributed by atoms with Crippen LogP contribution in [-0.4, -0.2) is 16.3 Å². The summed E-state index contributed by atoms with van der Waals surface area (Å²) in [5.41, 5.74) is 12.1. The van der Waals surface area contributed by atoms with Crippen LogP contribution < -0.4 is 5.73 Å². The van der Waals surface area contributed by atoms with Gasteiger partial charge in [0.2, 0.25) is 0 Å². The van der Waals surface area contributed by atoms with E-state index >= 15 is 0 Å². The molecule has 0 atom stereocenters. The van der Waals surface area contributed by atoms with Crippen molar-refractivity contribution in [3.05, 3.63) is 47.5 Å². The topological polar surface area (TPSA) is 71.8 Å². The zero-order valence-corrected chi connectivity index (χ0v) is 15.6. The first-order chi connectivity index (χ1) is 12.6. The van der Waals surface area contributed by atoms with Crippen molar-refractivity contribution in [3.63, 3.8) is 0 Å². The van der Waals surface area contributed by atoms with Crippen molar-refractivity contribution in [2.75, 3.05) is 5.73 Å². The number of hydrogen-bond acceptors (Lipinski definition) is 3. The fourth-order valence-corrected chi connectivity index (χ4v) is 3.36. The molecule has 0 radical (unpaired) electrons. The zero-order valence-electron chi connectivity index (χ0n) is 15.6. The van der Waals surface area contributed by atoms with Gasteiger partial charge in [0.15, 0.2) is 0 Å². The molecule has 0 unspecified atom stereocenters. The second-order valence-corrected chi connectivity index (χ2v) is 7.15. The highest BCUT2D eigenvalue weighted by molar-refractivity contribution is 5.83. The van der Waals surface area contributed by atoms with Crippen molar-refractivity contribution in [1.29, 1.82) is 0 Å². The Kier molecular flexibility index (Phi) is 5.71. The van der Waals surface area contributed by atoms with Crippen LogP contribution in [0, 0.1) is 19.8 Å². The number of aromatic amines is 1. The van der Waals surface area contributed by atoms with E-state index in [1.165, 1.54) is 30.4 Å². The van der Waals surface area contributed by atoms with Gasteiger partial charge in [0.25, 0.3) is 0 Å². The highest BCUT2D eigenvalue weighted by Gasteiger charge is 2.10. The number of nitrogens with two attached hydrogens (primary N) is 1. The number of aldehydes is 1. The number of aromatic nitrogens is 2. The molecule has 0 bridgehead atoms. The normalized spacial score (nSPS) is 14.7. The highest BCUT2D eigenvalue weighted by Crippen LogP contribution is 2.25. The van der Waals surface area contributed by atoms with Gasteiger partial charge < -0.3 is 15.5 Å². The van der Waals surface area contributed by atoms with Crippen LogP contribution in [0.15, 0.2) is 36.4 Å². The molecule has 1 aliphatic carbocycles. The molecule has 3 N–H and O–H groups in total. The van der Waals surface area contributed by atoms with Gasteiger partial charge in [-0.3, -0.25) is 0 Å². The summed E-state index contributed by atoms with van der Waals surface area (Å²) < 4.78 is 0. The molecule has 136 valence electrons. The summed E-state index contributed by atoms with van der Waals surface area (Å²) in [6.07, 6.45) is 7.27. The van der Waals surface area contributed by atoms with E-state index in [1.807, 2.05) is 24.3 Å². The minimum atomic E-state index is 0.406. The quantitative estimate of drug-likeness (QED) is 0.494. The molecule has 1 heterocycles. The molecule has 0 aliphatic heterocycles. The molecule has 26 heavy (non-hydrogen) atoms. The molecular formula is C22H27N3O. The van der Waals surface area contributed by atoms with Crippen molar-refractivity contribution in [2.24, 2.45) is 5.92 Å². The zero-order chi connectivity index (χ0) is 18.5. The van der Waals surface area contributed by atoms with Crippen molar-refractivity contribution < 1.29 is 4.79 Å². The second-order valence-electron chi connectivity index (χ2n) is 7.15. The summed E-state index contributed by atoms with van der Waals surface area (Å²) in [7, 11) is 0. The van der Waals surface area contributed by atoms with E-state index < -0.39 is 0 Å². The molecule has 0 amide bonds. The minimum Gasteiger partial charge on any atom is -0.399 e. The molecule has 1 aliphatic rings. The highest BCUT2D eigenvalue weighted by atomic mass is 16.1. The molecule has 4 nitrogen and oxygen atoms in total. The standard InChI is InChI=1S/C15H15N3.C7H12O/c1-9-3-8-13-14(10(9)2)18-15(17-13)11-4-6-12(16)7-5-11;8-6-7-4-2-1-3-5-7/h3-8H,16H2,1-2H3,(H,17,18);6-7H,1-5H2. The van der Waals surface area contributed by atoms with E-state index in [2.05, 4.69) is 35.9 Å². The van der Waals surface area contributed by atoms with Crippen LogP contribution >= 0.6 is 0 Å². The number of nitrogens with one attached hydrogen (secondary N) is 1. The Bertz CT molecular complexity index is 874. The van der Waals surface area contributed by atoms with Crippen molar-refractivity contribution >= 4 is 23.0 Å². The van der Waals surface area contributed by atoms with E-state index in [0.717, 1.165) is 47.2 Å². The van der Waals surface area contributed by atoms with Crippen LogP contribution in [0.2, 0.25) is 0 Å². The molecule has 0 spiro atoms. The lowest BCUT2D eigenvalue weighted by molar-refractivity contribution is -0.111. The van der Waals surface area contributed by atoms with Gasteiger partial charge in [0, 0.05) is 17.2 Å². The number of carbonyl (C=O) groups excluding carboxylic acids is 1. The minimum absolute atomic E-state index is 0.406. The SMILES string of the molecule is Cc1ccc2[nH]c(-c3ccc(N)cc3)nc2c1C.O=CC1CCCCC1. The van der Waals surface area contributed by atoms with Gasteiger partial charge in [-0.05, 0) is 68.1 Å². The third-order valence-corrected chi connectivity index (χ3v) is 5.20.